The monoisotopic (exact) mass is 206 g/mol. The second-order valence-corrected chi connectivity index (χ2v) is 3.93. The van der Waals surface area contributed by atoms with Crippen molar-refractivity contribution in [2.75, 3.05) is 5.75 Å². The highest BCUT2D eigenvalue weighted by Gasteiger charge is 2.06. The maximum absolute atomic E-state index is 12.3. The molecule has 0 aromatic carbocycles. The number of hydrogen-bond donors (Lipinski definition) is 1. The molecule has 1 aromatic heterocycles. The van der Waals surface area contributed by atoms with Gasteiger partial charge in [-0.15, -0.1) is 0 Å². The Morgan fingerprint density at radius 1 is 1.38 bits per heavy atom. The molecule has 0 spiro atoms. The molecular weight excluding hydrogens is 199 g/mol. The Hall–Kier alpha value is -1.08. The van der Waals surface area contributed by atoms with Gasteiger partial charge < -0.3 is 0 Å². The third-order valence-electron chi connectivity index (χ3n) is 1.26. The van der Waals surface area contributed by atoms with Crippen molar-refractivity contribution in [2.24, 2.45) is 0 Å². The van der Waals surface area contributed by atoms with E-state index in [-0.39, 0.29) is 12.2 Å². The number of aryl methyl sites for hydroxylation is 1. The molecule has 1 heterocycles. The third kappa shape index (κ3) is 3.90. The molecule has 0 aliphatic heterocycles. The summed E-state index contributed by atoms with van der Waals surface area (Å²) in [6, 6.07) is 0. The molecule has 1 rings (SSSR count). The van der Waals surface area contributed by atoms with Crippen molar-refractivity contribution in [1.29, 1.82) is 0 Å². The van der Waals surface area contributed by atoms with Crippen LogP contribution in [0.5, 0.6) is 0 Å². The van der Waals surface area contributed by atoms with E-state index in [9.17, 15) is 12.8 Å². The molecule has 7 heteroatoms. The Kier molecular flexibility index (Phi) is 2.89. The molecule has 0 unspecified atom stereocenters. The van der Waals surface area contributed by atoms with Gasteiger partial charge in [-0.25, -0.2) is 14.4 Å². The van der Waals surface area contributed by atoms with Crippen LogP contribution in [0.4, 0.5) is 4.39 Å². The summed E-state index contributed by atoms with van der Waals surface area (Å²) in [5.74, 6) is -0.867. The molecule has 1 N–H and O–H groups in total. The number of rotatable bonds is 3. The summed E-state index contributed by atoms with van der Waals surface area (Å²) in [5.41, 5.74) is 0. The Morgan fingerprint density at radius 3 is 2.38 bits per heavy atom. The number of aromatic nitrogens is 2. The van der Waals surface area contributed by atoms with E-state index in [0.29, 0.717) is 0 Å². The quantitative estimate of drug-likeness (QED) is 0.706. The minimum Gasteiger partial charge on any atom is -0.286 e. The first-order valence-corrected chi connectivity index (χ1v) is 5.00. The number of halogens is 1. The molecule has 5 nitrogen and oxygen atoms in total. The highest BCUT2D eigenvalue weighted by Crippen LogP contribution is 1.96. The lowest BCUT2D eigenvalue weighted by atomic mass is 10.4. The van der Waals surface area contributed by atoms with Gasteiger partial charge in [0.15, 0.2) is 5.82 Å². The van der Waals surface area contributed by atoms with Crippen molar-refractivity contribution in [1.82, 2.24) is 9.97 Å². The van der Waals surface area contributed by atoms with Gasteiger partial charge in [-0.1, -0.05) is 0 Å². The SMILES string of the molecule is O=S(=O)(O)CCc1ncc(F)cn1. The van der Waals surface area contributed by atoms with Gasteiger partial charge in [-0.05, 0) is 0 Å². The maximum Gasteiger partial charge on any atom is 0.265 e. The molecule has 0 saturated heterocycles. The van der Waals surface area contributed by atoms with Crippen molar-refractivity contribution >= 4 is 10.1 Å². The predicted molar refractivity (Wildman–Crippen MR) is 42.1 cm³/mol. The Balaban J connectivity index is 2.61. The van der Waals surface area contributed by atoms with E-state index in [1.807, 2.05) is 0 Å². The molecule has 0 atom stereocenters. The summed E-state index contributed by atoms with van der Waals surface area (Å²) in [4.78, 5) is 7.04. The van der Waals surface area contributed by atoms with Gasteiger partial charge in [0, 0.05) is 6.42 Å². The first kappa shape index (κ1) is 10.0. The van der Waals surface area contributed by atoms with E-state index in [4.69, 9.17) is 4.55 Å². The van der Waals surface area contributed by atoms with Crippen LogP contribution in [0.3, 0.4) is 0 Å². The minimum absolute atomic E-state index is 0.0287. The van der Waals surface area contributed by atoms with Crippen LogP contribution in [0.2, 0.25) is 0 Å². The minimum atomic E-state index is -4.01. The van der Waals surface area contributed by atoms with Crippen molar-refractivity contribution in [2.45, 2.75) is 6.42 Å². The van der Waals surface area contributed by atoms with Gasteiger partial charge in [0.25, 0.3) is 10.1 Å². The van der Waals surface area contributed by atoms with Crippen LogP contribution in [0, 0.1) is 5.82 Å². The fraction of sp³-hybridized carbons (Fsp3) is 0.333. The van der Waals surface area contributed by atoms with Crippen LogP contribution in [-0.2, 0) is 16.5 Å². The average Bonchev–Trinajstić information content (AvgIpc) is 2.02. The van der Waals surface area contributed by atoms with Crippen LogP contribution in [-0.4, -0.2) is 28.7 Å². The Bertz CT molecular complexity index is 375. The smallest absolute Gasteiger partial charge is 0.265 e. The van der Waals surface area contributed by atoms with Gasteiger partial charge in [-0.2, -0.15) is 8.42 Å². The standard InChI is InChI=1S/C6H7FN2O3S/c7-5-3-8-6(9-4-5)1-2-13(10,11)12/h3-4H,1-2H2,(H,10,11,12). The molecule has 0 amide bonds. The molecule has 72 valence electrons. The maximum atomic E-state index is 12.3. The molecular formula is C6H7FN2O3S. The average molecular weight is 206 g/mol. The third-order valence-corrected chi connectivity index (χ3v) is 1.98. The summed E-state index contributed by atoms with van der Waals surface area (Å²) in [6.45, 7) is 0. The second kappa shape index (κ2) is 3.75. The summed E-state index contributed by atoms with van der Waals surface area (Å²) in [6.07, 6.45) is 1.85. The highest BCUT2D eigenvalue weighted by atomic mass is 32.2. The van der Waals surface area contributed by atoms with E-state index in [1.54, 1.807) is 0 Å². The molecule has 1 aromatic rings. The second-order valence-electron chi connectivity index (χ2n) is 2.35. The van der Waals surface area contributed by atoms with Gasteiger partial charge in [0.05, 0.1) is 18.1 Å². The Morgan fingerprint density at radius 2 is 1.92 bits per heavy atom. The summed E-state index contributed by atoms with van der Waals surface area (Å²) < 4.78 is 41.2. The van der Waals surface area contributed by atoms with Gasteiger partial charge >= 0.3 is 0 Å². The first-order valence-electron chi connectivity index (χ1n) is 3.39. The molecule has 0 radical (unpaired) electrons. The summed E-state index contributed by atoms with van der Waals surface area (Å²) in [7, 11) is -4.01. The largest absolute Gasteiger partial charge is 0.286 e. The van der Waals surface area contributed by atoms with Gasteiger partial charge in [-0.3, -0.25) is 4.55 Å². The van der Waals surface area contributed by atoms with Crippen molar-refractivity contribution in [3.63, 3.8) is 0 Å². The normalized spacial score (nSPS) is 11.5. The molecule has 0 aliphatic rings. The number of nitrogens with zero attached hydrogens (tertiary/aromatic N) is 2. The zero-order valence-electron chi connectivity index (χ0n) is 6.51. The fourth-order valence-corrected chi connectivity index (χ4v) is 1.13. The van der Waals surface area contributed by atoms with Gasteiger partial charge in [0.1, 0.15) is 5.82 Å². The predicted octanol–water partition coefficient (Wildman–Crippen LogP) is 0.0460. The summed E-state index contributed by atoms with van der Waals surface area (Å²) >= 11 is 0. The lowest BCUT2D eigenvalue weighted by Crippen LogP contribution is -2.08. The Labute approximate surface area is 74.4 Å². The van der Waals surface area contributed by atoms with E-state index >= 15 is 0 Å². The molecule has 0 bridgehead atoms. The van der Waals surface area contributed by atoms with Crippen LogP contribution < -0.4 is 0 Å². The summed E-state index contributed by atoms with van der Waals surface area (Å²) in [5, 5.41) is 0. The van der Waals surface area contributed by atoms with Crippen LogP contribution in [0.1, 0.15) is 5.82 Å². The van der Waals surface area contributed by atoms with Gasteiger partial charge in [0.2, 0.25) is 0 Å². The lowest BCUT2D eigenvalue weighted by molar-refractivity contribution is 0.482. The zero-order chi connectivity index (χ0) is 9.90. The van der Waals surface area contributed by atoms with E-state index in [2.05, 4.69) is 9.97 Å². The highest BCUT2D eigenvalue weighted by molar-refractivity contribution is 7.85. The van der Waals surface area contributed by atoms with Crippen LogP contribution in [0.15, 0.2) is 12.4 Å². The molecule has 13 heavy (non-hydrogen) atoms. The van der Waals surface area contributed by atoms with E-state index in [0.717, 1.165) is 12.4 Å². The zero-order valence-corrected chi connectivity index (χ0v) is 7.33. The lowest BCUT2D eigenvalue weighted by Gasteiger charge is -1.96. The fourth-order valence-electron chi connectivity index (χ4n) is 0.688. The number of hydrogen-bond acceptors (Lipinski definition) is 4. The first-order chi connectivity index (χ1) is 5.97. The molecule has 0 aliphatic carbocycles. The van der Waals surface area contributed by atoms with E-state index in [1.165, 1.54) is 0 Å². The van der Waals surface area contributed by atoms with Crippen LogP contribution in [0.25, 0.3) is 0 Å². The van der Waals surface area contributed by atoms with Crippen molar-refractivity contribution in [3.05, 3.63) is 24.0 Å². The van der Waals surface area contributed by atoms with Crippen molar-refractivity contribution < 1.29 is 17.4 Å². The van der Waals surface area contributed by atoms with Crippen molar-refractivity contribution in [3.8, 4) is 0 Å². The molecule has 0 fully saturated rings. The van der Waals surface area contributed by atoms with E-state index < -0.39 is 21.7 Å². The molecule has 0 saturated carbocycles. The topological polar surface area (TPSA) is 80.2 Å². The van der Waals surface area contributed by atoms with Crippen LogP contribution >= 0.6 is 0 Å².